The van der Waals surface area contributed by atoms with Crippen molar-refractivity contribution >= 4 is 17.9 Å². The van der Waals surface area contributed by atoms with E-state index in [-0.39, 0.29) is 12.2 Å². The molecule has 0 radical (unpaired) electrons. The number of dihydropyridines is 1. The molecule has 2 N–H and O–H groups in total. The number of rotatable bonds is 6. The van der Waals surface area contributed by atoms with Gasteiger partial charge < -0.3 is 19.9 Å². The van der Waals surface area contributed by atoms with Crippen LogP contribution in [0.25, 0.3) is 0 Å². The number of carboxylic acid groups (broad SMARTS) is 1. The fourth-order valence-electron chi connectivity index (χ4n) is 2.93. The van der Waals surface area contributed by atoms with Crippen molar-refractivity contribution in [2.45, 2.75) is 26.7 Å². The highest BCUT2D eigenvalue weighted by molar-refractivity contribution is 6.00. The number of esters is 2. The lowest BCUT2D eigenvalue weighted by atomic mass is 9.80. The molecule has 2 rings (SSSR count). The van der Waals surface area contributed by atoms with Crippen LogP contribution in [-0.2, 0) is 23.9 Å². The van der Waals surface area contributed by atoms with E-state index in [0.717, 1.165) is 0 Å². The van der Waals surface area contributed by atoms with E-state index in [1.54, 1.807) is 45.0 Å². The fraction of sp³-hybridized carbons (Fsp3) is 0.316. The Kier molecular flexibility index (Phi) is 6.16. The van der Waals surface area contributed by atoms with Crippen molar-refractivity contribution in [3.8, 4) is 0 Å². The van der Waals surface area contributed by atoms with Gasteiger partial charge in [-0.2, -0.15) is 0 Å². The van der Waals surface area contributed by atoms with Crippen molar-refractivity contribution in [2.75, 3.05) is 13.2 Å². The normalized spacial score (nSPS) is 16.8. The van der Waals surface area contributed by atoms with E-state index in [2.05, 4.69) is 5.32 Å². The van der Waals surface area contributed by atoms with Gasteiger partial charge in [-0.15, -0.1) is 0 Å². The summed E-state index contributed by atoms with van der Waals surface area (Å²) in [6, 6.07) is 9.00. The largest absolute Gasteiger partial charge is 0.479 e. The van der Waals surface area contributed by atoms with Crippen LogP contribution in [0.1, 0.15) is 32.3 Å². The molecule has 0 fully saturated rings. The van der Waals surface area contributed by atoms with Gasteiger partial charge in [-0.3, -0.25) is 0 Å². The molecule has 0 aromatic heterocycles. The van der Waals surface area contributed by atoms with Crippen molar-refractivity contribution in [1.29, 1.82) is 0 Å². The summed E-state index contributed by atoms with van der Waals surface area (Å²) in [4.78, 5) is 35.9. The number of hydrogen-bond acceptors (Lipinski definition) is 6. The third kappa shape index (κ3) is 4.11. The average molecular weight is 359 g/mol. The van der Waals surface area contributed by atoms with Gasteiger partial charge in [0.15, 0.2) is 6.61 Å². The van der Waals surface area contributed by atoms with E-state index in [1.807, 2.05) is 6.07 Å². The molecule has 1 aromatic rings. The number of nitrogens with one attached hydrogen (secondary N) is 1. The number of benzene rings is 1. The van der Waals surface area contributed by atoms with Crippen LogP contribution >= 0.6 is 0 Å². The summed E-state index contributed by atoms with van der Waals surface area (Å²) in [5.74, 6) is -3.30. The Morgan fingerprint density at radius 3 is 2.04 bits per heavy atom. The zero-order chi connectivity index (χ0) is 19.3. The third-order valence-corrected chi connectivity index (χ3v) is 3.94. The lowest BCUT2D eigenvalue weighted by molar-refractivity contribution is -0.152. The molecular formula is C19H21NO6. The molecule has 1 heterocycles. The molecule has 138 valence electrons. The van der Waals surface area contributed by atoms with Crippen LogP contribution < -0.4 is 5.32 Å². The Bertz CT molecular complexity index is 778. The van der Waals surface area contributed by atoms with Crippen molar-refractivity contribution < 1.29 is 29.0 Å². The Balaban J connectivity index is 2.53. The van der Waals surface area contributed by atoms with Gasteiger partial charge in [-0.05, 0) is 26.3 Å². The van der Waals surface area contributed by atoms with Crippen LogP contribution in [0.3, 0.4) is 0 Å². The first-order chi connectivity index (χ1) is 12.4. The molecule has 1 atom stereocenters. The summed E-state index contributed by atoms with van der Waals surface area (Å²) >= 11 is 0. The Morgan fingerprint density at radius 2 is 1.54 bits per heavy atom. The molecule has 1 aromatic carbocycles. The van der Waals surface area contributed by atoms with Crippen LogP contribution in [0.5, 0.6) is 0 Å². The SMILES string of the molecule is CCOC(=O)C1=C(C)NC(C)=C(C(=O)OCC(=O)O)C1c1ccccc1. The first kappa shape index (κ1) is 19.2. The maximum atomic E-state index is 12.6. The fourth-order valence-corrected chi connectivity index (χ4v) is 2.93. The van der Waals surface area contributed by atoms with E-state index in [4.69, 9.17) is 14.6 Å². The van der Waals surface area contributed by atoms with Gasteiger partial charge in [0.25, 0.3) is 0 Å². The maximum Gasteiger partial charge on any atom is 0.341 e. The first-order valence-electron chi connectivity index (χ1n) is 8.16. The van der Waals surface area contributed by atoms with Crippen molar-refractivity contribution in [3.05, 3.63) is 58.4 Å². The van der Waals surface area contributed by atoms with E-state index >= 15 is 0 Å². The molecule has 1 aliphatic rings. The minimum Gasteiger partial charge on any atom is -0.479 e. The standard InChI is InChI=1S/C19H21NO6/c1-4-25-18(23)15-11(2)20-12(3)16(19(24)26-10-14(21)22)17(15)13-8-6-5-7-9-13/h5-9,17,20H,4,10H2,1-3H3,(H,21,22). The first-order valence-corrected chi connectivity index (χ1v) is 8.16. The molecule has 0 saturated carbocycles. The molecule has 1 aliphatic heterocycles. The quantitative estimate of drug-likeness (QED) is 0.750. The molecule has 0 spiro atoms. The molecule has 7 nitrogen and oxygen atoms in total. The highest BCUT2D eigenvalue weighted by atomic mass is 16.6. The van der Waals surface area contributed by atoms with Gasteiger partial charge in [0.1, 0.15) is 0 Å². The van der Waals surface area contributed by atoms with E-state index in [0.29, 0.717) is 22.5 Å². The Hall–Kier alpha value is -3.09. The monoisotopic (exact) mass is 359 g/mol. The Labute approximate surface area is 151 Å². The minimum atomic E-state index is -1.26. The summed E-state index contributed by atoms with van der Waals surface area (Å²) in [7, 11) is 0. The number of aliphatic carboxylic acids is 1. The van der Waals surface area contributed by atoms with Gasteiger partial charge in [0.05, 0.1) is 23.7 Å². The van der Waals surface area contributed by atoms with Gasteiger partial charge in [-0.25, -0.2) is 14.4 Å². The van der Waals surface area contributed by atoms with Gasteiger partial charge in [0.2, 0.25) is 0 Å². The van der Waals surface area contributed by atoms with Crippen LogP contribution in [0.15, 0.2) is 52.9 Å². The number of carboxylic acids is 1. The molecule has 0 bridgehead atoms. The number of carbonyl (C=O) groups excluding carboxylic acids is 2. The molecule has 1 unspecified atom stereocenters. The van der Waals surface area contributed by atoms with Crippen LogP contribution in [0.2, 0.25) is 0 Å². The molecular weight excluding hydrogens is 338 g/mol. The lowest BCUT2D eigenvalue weighted by Crippen LogP contribution is -2.33. The Morgan fingerprint density at radius 1 is 1.00 bits per heavy atom. The second-order valence-electron chi connectivity index (χ2n) is 5.74. The molecule has 7 heteroatoms. The third-order valence-electron chi connectivity index (χ3n) is 3.94. The minimum absolute atomic E-state index is 0.186. The lowest BCUT2D eigenvalue weighted by Gasteiger charge is -2.30. The second kappa shape index (κ2) is 8.33. The maximum absolute atomic E-state index is 12.6. The van der Waals surface area contributed by atoms with Crippen molar-refractivity contribution in [3.63, 3.8) is 0 Å². The van der Waals surface area contributed by atoms with Crippen LogP contribution in [0.4, 0.5) is 0 Å². The zero-order valence-electron chi connectivity index (χ0n) is 14.9. The van der Waals surface area contributed by atoms with Crippen molar-refractivity contribution in [2.24, 2.45) is 0 Å². The predicted octanol–water partition coefficient (Wildman–Crippen LogP) is 2.11. The second-order valence-corrected chi connectivity index (χ2v) is 5.74. The van der Waals surface area contributed by atoms with E-state index in [1.165, 1.54) is 0 Å². The number of ether oxygens (including phenoxy) is 2. The number of hydrogen-bond donors (Lipinski definition) is 2. The van der Waals surface area contributed by atoms with Gasteiger partial charge >= 0.3 is 17.9 Å². The van der Waals surface area contributed by atoms with Crippen LogP contribution in [-0.4, -0.2) is 36.2 Å². The molecule has 0 amide bonds. The summed E-state index contributed by atoms with van der Waals surface area (Å²) in [5.41, 5.74) is 2.26. The van der Waals surface area contributed by atoms with E-state index in [9.17, 15) is 14.4 Å². The van der Waals surface area contributed by atoms with E-state index < -0.39 is 30.4 Å². The predicted molar refractivity (Wildman–Crippen MR) is 92.9 cm³/mol. The molecule has 0 aliphatic carbocycles. The van der Waals surface area contributed by atoms with Crippen LogP contribution in [0, 0.1) is 0 Å². The average Bonchev–Trinajstić information content (AvgIpc) is 2.59. The summed E-state index contributed by atoms with van der Waals surface area (Å²) in [6.45, 7) is 4.54. The van der Waals surface area contributed by atoms with Crippen molar-refractivity contribution in [1.82, 2.24) is 5.32 Å². The number of allylic oxidation sites excluding steroid dienone is 2. The number of carbonyl (C=O) groups is 3. The summed E-state index contributed by atoms with van der Waals surface area (Å²) < 4.78 is 10.0. The smallest absolute Gasteiger partial charge is 0.341 e. The zero-order valence-corrected chi connectivity index (χ0v) is 14.9. The summed E-state index contributed by atoms with van der Waals surface area (Å²) in [5, 5.41) is 11.8. The van der Waals surface area contributed by atoms with Gasteiger partial charge in [-0.1, -0.05) is 30.3 Å². The topological polar surface area (TPSA) is 102 Å². The molecule has 0 saturated heterocycles. The van der Waals surface area contributed by atoms with Gasteiger partial charge in [0, 0.05) is 11.4 Å². The summed E-state index contributed by atoms with van der Waals surface area (Å²) in [6.07, 6.45) is 0. The molecule has 26 heavy (non-hydrogen) atoms. The highest BCUT2D eigenvalue weighted by Crippen LogP contribution is 2.39. The highest BCUT2D eigenvalue weighted by Gasteiger charge is 2.37.